The van der Waals surface area contributed by atoms with E-state index in [1.807, 2.05) is 32.9 Å². The third kappa shape index (κ3) is 4.56. The van der Waals surface area contributed by atoms with Crippen LogP contribution >= 0.6 is 0 Å². The van der Waals surface area contributed by atoms with Crippen LogP contribution in [0.1, 0.15) is 33.6 Å². The molecule has 1 aliphatic rings. The average molecular weight is 279 g/mol. The monoisotopic (exact) mass is 279 g/mol. The van der Waals surface area contributed by atoms with Crippen LogP contribution in [0.4, 0.5) is 11.5 Å². The van der Waals surface area contributed by atoms with Crippen molar-refractivity contribution in [2.45, 2.75) is 39.2 Å². The Kier molecular flexibility index (Phi) is 4.70. The van der Waals surface area contributed by atoms with E-state index in [1.165, 1.54) is 0 Å². The lowest BCUT2D eigenvalue weighted by atomic mass is 10.0. The maximum absolute atomic E-state index is 5.90. The van der Waals surface area contributed by atoms with Gasteiger partial charge in [-0.25, -0.2) is 0 Å². The van der Waals surface area contributed by atoms with Gasteiger partial charge in [-0.05, 0) is 51.7 Å². The van der Waals surface area contributed by atoms with Crippen LogP contribution in [0, 0.1) is 5.92 Å². The number of anilines is 2. The van der Waals surface area contributed by atoms with Crippen LogP contribution in [0.5, 0.6) is 5.88 Å². The van der Waals surface area contributed by atoms with Gasteiger partial charge in [-0.1, -0.05) is 0 Å². The van der Waals surface area contributed by atoms with Crippen molar-refractivity contribution in [2.75, 3.05) is 30.8 Å². The molecule has 0 spiro atoms. The van der Waals surface area contributed by atoms with E-state index < -0.39 is 0 Å². The fraction of sp³-hybridized carbons (Fsp3) is 0.667. The van der Waals surface area contributed by atoms with Crippen molar-refractivity contribution in [3.63, 3.8) is 0 Å². The molecule has 1 fully saturated rings. The Morgan fingerprint density at radius 3 is 2.70 bits per heavy atom. The summed E-state index contributed by atoms with van der Waals surface area (Å²) >= 11 is 0. The highest BCUT2D eigenvalue weighted by atomic mass is 16.5. The van der Waals surface area contributed by atoms with Gasteiger partial charge in [0.15, 0.2) is 0 Å². The summed E-state index contributed by atoms with van der Waals surface area (Å²) < 4.78 is 11.1. The SMILES string of the molecule is CC(C)(C)Oc1nc(NCC2CCOCC2)ccc1N. The normalized spacial score (nSPS) is 16.9. The molecule has 0 aliphatic carbocycles. The van der Waals surface area contributed by atoms with Gasteiger partial charge in [-0.2, -0.15) is 4.98 Å². The molecule has 0 radical (unpaired) electrons. The molecule has 5 nitrogen and oxygen atoms in total. The molecule has 0 unspecified atom stereocenters. The Bertz CT molecular complexity index is 437. The standard InChI is InChI=1S/C15H25N3O2/c1-15(2,3)20-14-12(16)4-5-13(18-14)17-10-11-6-8-19-9-7-11/h4-5,11H,6-10,16H2,1-3H3,(H,17,18). The first kappa shape index (κ1) is 14.9. The third-order valence-electron chi connectivity index (χ3n) is 3.21. The van der Waals surface area contributed by atoms with Crippen LogP contribution in [0.15, 0.2) is 12.1 Å². The number of aromatic nitrogens is 1. The van der Waals surface area contributed by atoms with Crippen LogP contribution in [0.25, 0.3) is 0 Å². The average Bonchev–Trinajstić information content (AvgIpc) is 2.39. The predicted molar refractivity (Wildman–Crippen MR) is 81.1 cm³/mol. The minimum Gasteiger partial charge on any atom is -0.470 e. The molecule has 0 atom stereocenters. The van der Waals surface area contributed by atoms with Gasteiger partial charge in [0.1, 0.15) is 11.4 Å². The first-order chi connectivity index (χ1) is 9.44. The van der Waals surface area contributed by atoms with Crippen LogP contribution in [0.2, 0.25) is 0 Å². The van der Waals surface area contributed by atoms with Gasteiger partial charge < -0.3 is 20.5 Å². The quantitative estimate of drug-likeness (QED) is 0.886. The molecule has 1 aromatic heterocycles. The van der Waals surface area contributed by atoms with Gasteiger partial charge in [0.05, 0.1) is 5.69 Å². The summed E-state index contributed by atoms with van der Waals surface area (Å²) in [6, 6.07) is 3.73. The number of hydrogen-bond donors (Lipinski definition) is 2. The van der Waals surface area contributed by atoms with Crippen molar-refractivity contribution >= 4 is 11.5 Å². The summed E-state index contributed by atoms with van der Waals surface area (Å²) in [5, 5.41) is 3.37. The molecular weight excluding hydrogens is 254 g/mol. The van der Waals surface area contributed by atoms with Crippen molar-refractivity contribution in [1.29, 1.82) is 0 Å². The second kappa shape index (κ2) is 6.31. The number of pyridine rings is 1. The number of nitrogen functional groups attached to an aromatic ring is 1. The molecule has 2 rings (SSSR count). The van der Waals surface area contributed by atoms with Gasteiger partial charge in [-0.15, -0.1) is 0 Å². The minimum atomic E-state index is -0.305. The molecule has 0 bridgehead atoms. The largest absolute Gasteiger partial charge is 0.470 e. The molecule has 20 heavy (non-hydrogen) atoms. The van der Waals surface area contributed by atoms with Crippen LogP contribution in [0.3, 0.4) is 0 Å². The minimum absolute atomic E-state index is 0.305. The Balaban J connectivity index is 1.96. The topological polar surface area (TPSA) is 69.4 Å². The number of ether oxygens (including phenoxy) is 2. The van der Waals surface area contributed by atoms with E-state index in [4.69, 9.17) is 15.2 Å². The summed E-state index contributed by atoms with van der Waals surface area (Å²) in [6.07, 6.45) is 2.21. The van der Waals surface area contributed by atoms with Gasteiger partial charge >= 0.3 is 0 Å². The van der Waals surface area contributed by atoms with Crippen LogP contribution in [-0.4, -0.2) is 30.3 Å². The van der Waals surface area contributed by atoms with E-state index in [0.29, 0.717) is 17.5 Å². The fourth-order valence-electron chi connectivity index (χ4n) is 2.12. The molecular formula is C15H25N3O2. The number of nitrogens with one attached hydrogen (secondary N) is 1. The zero-order valence-electron chi connectivity index (χ0n) is 12.6. The maximum Gasteiger partial charge on any atom is 0.239 e. The highest BCUT2D eigenvalue weighted by molar-refractivity contribution is 5.53. The van der Waals surface area contributed by atoms with E-state index in [9.17, 15) is 0 Å². The summed E-state index contributed by atoms with van der Waals surface area (Å²) in [6.45, 7) is 8.58. The maximum atomic E-state index is 5.90. The second-order valence-electron chi connectivity index (χ2n) is 6.24. The van der Waals surface area contributed by atoms with Crippen molar-refractivity contribution in [2.24, 2.45) is 5.92 Å². The molecule has 112 valence electrons. The van der Waals surface area contributed by atoms with Crippen LogP contribution < -0.4 is 15.8 Å². The fourth-order valence-corrected chi connectivity index (χ4v) is 2.12. The van der Waals surface area contributed by atoms with Crippen molar-refractivity contribution in [3.8, 4) is 5.88 Å². The van der Waals surface area contributed by atoms with E-state index in [2.05, 4.69) is 10.3 Å². The lowest BCUT2D eigenvalue weighted by Gasteiger charge is -2.23. The Morgan fingerprint density at radius 1 is 1.35 bits per heavy atom. The highest BCUT2D eigenvalue weighted by Crippen LogP contribution is 2.25. The number of hydrogen-bond acceptors (Lipinski definition) is 5. The number of rotatable bonds is 4. The summed E-state index contributed by atoms with van der Waals surface area (Å²) in [5.74, 6) is 1.95. The number of nitrogens with zero attached hydrogens (tertiary/aromatic N) is 1. The van der Waals surface area contributed by atoms with E-state index >= 15 is 0 Å². The molecule has 0 aromatic carbocycles. The molecule has 5 heteroatoms. The zero-order chi connectivity index (χ0) is 14.6. The lowest BCUT2D eigenvalue weighted by Crippen LogP contribution is -2.25. The van der Waals surface area contributed by atoms with Gasteiger partial charge in [0.2, 0.25) is 5.88 Å². The van der Waals surface area contributed by atoms with E-state index in [1.54, 1.807) is 0 Å². The second-order valence-corrected chi connectivity index (χ2v) is 6.24. The molecule has 1 aromatic rings. The molecule has 0 saturated carbocycles. The highest BCUT2D eigenvalue weighted by Gasteiger charge is 2.16. The zero-order valence-corrected chi connectivity index (χ0v) is 12.6. The van der Waals surface area contributed by atoms with E-state index in [-0.39, 0.29) is 5.60 Å². The first-order valence-corrected chi connectivity index (χ1v) is 7.21. The Hall–Kier alpha value is -1.49. The van der Waals surface area contributed by atoms with Crippen molar-refractivity contribution in [1.82, 2.24) is 4.98 Å². The predicted octanol–water partition coefficient (Wildman–Crippen LogP) is 2.68. The Morgan fingerprint density at radius 2 is 2.05 bits per heavy atom. The summed E-state index contributed by atoms with van der Waals surface area (Å²) in [5.41, 5.74) is 6.16. The Labute approximate surface area is 120 Å². The van der Waals surface area contributed by atoms with Gasteiger partial charge in [0, 0.05) is 19.8 Å². The molecule has 2 heterocycles. The van der Waals surface area contributed by atoms with Crippen molar-refractivity contribution in [3.05, 3.63) is 12.1 Å². The third-order valence-corrected chi connectivity index (χ3v) is 3.21. The summed E-state index contributed by atoms with van der Waals surface area (Å²) in [7, 11) is 0. The molecule has 1 aliphatic heterocycles. The first-order valence-electron chi connectivity index (χ1n) is 7.21. The molecule has 0 amide bonds. The van der Waals surface area contributed by atoms with E-state index in [0.717, 1.165) is 38.4 Å². The number of nitrogens with two attached hydrogens (primary N) is 1. The van der Waals surface area contributed by atoms with Crippen molar-refractivity contribution < 1.29 is 9.47 Å². The molecule has 3 N–H and O–H groups in total. The lowest BCUT2D eigenvalue weighted by molar-refractivity contribution is 0.0699. The van der Waals surface area contributed by atoms with Gasteiger partial charge in [-0.3, -0.25) is 0 Å². The summed E-state index contributed by atoms with van der Waals surface area (Å²) in [4.78, 5) is 4.45. The van der Waals surface area contributed by atoms with Crippen LogP contribution in [-0.2, 0) is 4.74 Å². The molecule has 1 saturated heterocycles. The smallest absolute Gasteiger partial charge is 0.239 e. The van der Waals surface area contributed by atoms with Gasteiger partial charge in [0.25, 0.3) is 0 Å².